The highest BCUT2D eigenvalue weighted by atomic mass is 16.5. The third-order valence-corrected chi connectivity index (χ3v) is 5.55. The molecule has 5 heteroatoms. The van der Waals surface area contributed by atoms with Crippen molar-refractivity contribution in [3.05, 3.63) is 96.1 Å². The van der Waals surface area contributed by atoms with Gasteiger partial charge in [-0.3, -0.25) is 4.79 Å². The second-order valence-electron chi connectivity index (χ2n) is 7.75. The van der Waals surface area contributed by atoms with Crippen molar-refractivity contribution in [3.8, 4) is 22.7 Å². The number of ether oxygens (including phenoxy) is 1. The van der Waals surface area contributed by atoms with E-state index in [9.17, 15) is 4.79 Å². The molecule has 0 bridgehead atoms. The molecule has 1 heterocycles. The molecule has 3 aromatic carbocycles. The van der Waals surface area contributed by atoms with Crippen LogP contribution in [0, 0.1) is 6.92 Å². The van der Waals surface area contributed by atoms with Crippen molar-refractivity contribution < 1.29 is 9.53 Å². The maximum absolute atomic E-state index is 13.2. The summed E-state index contributed by atoms with van der Waals surface area (Å²) in [5.41, 5.74) is 4.78. The number of aromatic nitrogens is 2. The van der Waals surface area contributed by atoms with Crippen LogP contribution in [0.25, 0.3) is 16.9 Å². The topological polar surface area (TPSA) is 56.1 Å². The van der Waals surface area contributed by atoms with Gasteiger partial charge in [-0.05, 0) is 55.3 Å². The lowest BCUT2D eigenvalue weighted by atomic mass is 9.96. The number of rotatable bonds is 7. The van der Waals surface area contributed by atoms with Crippen LogP contribution in [-0.4, -0.2) is 22.8 Å². The van der Waals surface area contributed by atoms with Gasteiger partial charge in [0.05, 0.1) is 24.4 Å². The first-order chi connectivity index (χ1) is 15.6. The fourth-order valence-electron chi connectivity index (χ4n) is 3.73. The summed E-state index contributed by atoms with van der Waals surface area (Å²) in [6.45, 7) is 4.07. The molecular formula is C27H27N3O2. The highest BCUT2D eigenvalue weighted by molar-refractivity contribution is 5.95. The van der Waals surface area contributed by atoms with Crippen LogP contribution in [0.5, 0.6) is 5.75 Å². The lowest BCUT2D eigenvalue weighted by molar-refractivity contribution is -0.117. The van der Waals surface area contributed by atoms with Crippen molar-refractivity contribution in [3.63, 3.8) is 0 Å². The van der Waals surface area contributed by atoms with Crippen LogP contribution >= 0.6 is 0 Å². The summed E-state index contributed by atoms with van der Waals surface area (Å²) in [5.74, 6) is 1.14. The third-order valence-electron chi connectivity index (χ3n) is 5.55. The van der Waals surface area contributed by atoms with E-state index < -0.39 is 0 Å². The number of aryl methyl sites for hydroxylation is 1. The van der Waals surface area contributed by atoms with E-state index in [4.69, 9.17) is 9.84 Å². The number of methoxy groups -OCH3 is 1. The van der Waals surface area contributed by atoms with Gasteiger partial charge < -0.3 is 10.1 Å². The largest absolute Gasteiger partial charge is 0.497 e. The molecule has 1 atom stereocenters. The first-order valence-electron chi connectivity index (χ1n) is 10.8. The summed E-state index contributed by atoms with van der Waals surface area (Å²) >= 11 is 0. The highest BCUT2D eigenvalue weighted by Gasteiger charge is 2.21. The Morgan fingerprint density at radius 3 is 2.31 bits per heavy atom. The number of anilines is 1. The zero-order valence-corrected chi connectivity index (χ0v) is 18.6. The summed E-state index contributed by atoms with van der Waals surface area (Å²) < 4.78 is 7.05. The highest BCUT2D eigenvalue weighted by Crippen LogP contribution is 2.28. The van der Waals surface area contributed by atoms with Crippen LogP contribution in [0.1, 0.15) is 30.4 Å². The maximum atomic E-state index is 13.2. The molecule has 5 nitrogen and oxygen atoms in total. The number of amides is 1. The summed E-state index contributed by atoms with van der Waals surface area (Å²) in [7, 11) is 1.64. The van der Waals surface area contributed by atoms with Crippen LogP contribution in [0.15, 0.2) is 84.9 Å². The molecule has 1 unspecified atom stereocenters. The number of carbonyl (C=O) groups excluding carboxylic acids is 1. The Kier molecular flexibility index (Phi) is 6.36. The number of nitrogens with one attached hydrogen (secondary N) is 1. The van der Waals surface area contributed by atoms with E-state index in [0.717, 1.165) is 33.8 Å². The summed E-state index contributed by atoms with van der Waals surface area (Å²) in [6.07, 6.45) is 0.708. The Morgan fingerprint density at radius 1 is 1.00 bits per heavy atom. The van der Waals surface area contributed by atoms with E-state index in [1.54, 1.807) is 11.8 Å². The van der Waals surface area contributed by atoms with Crippen LogP contribution in [0.3, 0.4) is 0 Å². The lowest BCUT2D eigenvalue weighted by Gasteiger charge is -2.16. The Bertz CT molecular complexity index is 1180. The Labute approximate surface area is 188 Å². The van der Waals surface area contributed by atoms with Crippen LogP contribution in [0.4, 0.5) is 5.82 Å². The number of hydrogen-bond acceptors (Lipinski definition) is 3. The van der Waals surface area contributed by atoms with Gasteiger partial charge in [-0.15, -0.1) is 0 Å². The maximum Gasteiger partial charge on any atom is 0.233 e. The van der Waals surface area contributed by atoms with Crippen molar-refractivity contribution in [1.82, 2.24) is 9.78 Å². The Balaban J connectivity index is 1.71. The molecule has 1 aromatic heterocycles. The van der Waals surface area contributed by atoms with Gasteiger partial charge in [-0.2, -0.15) is 5.10 Å². The minimum atomic E-state index is -0.234. The van der Waals surface area contributed by atoms with Crippen LogP contribution in [-0.2, 0) is 4.79 Å². The van der Waals surface area contributed by atoms with Gasteiger partial charge in [0.2, 0.25) is 5.91 Å². The predicted molar refractivity (Wildman–Crippen MR) is 128 cm³/mol. The molecule has 1 N–H and O–H groups in total. The summed E-state index contributed by atoms with van der Waals surface area (Å²) in [6, 6.07) is 27.6. The lowest BCUT2D eigenvalue weighted by Crippen LogP contribution is -2.22. The number of hydrogen-bond donors (Lipinski definition) is 1. The molecule has 0 fully saturated rings. The fraction of sp³-hybridized carbons (Fsp3) is 0.185. The van der Waals surface area contributed by atoms with Gasteiger partial charge in [0.15, 0.2) is 0 Å². The van der Waals surface area contributed by atoms with Crippen molar-refractivity contribution in [2.45, 2.75) is 26.2 Å². The monoisotopic (exact) mass is 425 g/mol. The first kappa shape index (κ1) is 21.4. The average molecular weight is 426 g/mol. The molecule has 0 aliphatic rings. The van der Waals surface area contributed by atoms with Crippen molar-refractivity contribution in [2.75, 3.05) is 12.4 Å². The van der Waals surface area contributed by atoms with Gasteiger partial charge in [0.25, 0.3) is 0 Å². The van der Waals surface area contributed by atoms with Crippen molar-refractivity contribution in [2.24, 2.45) is 0 Å². The second kappa shape index (κ2) is 9.52. The van der Waals surface area contributed by atoms with Crippen LogP contribution in [0.2, 0.25) is 0 Å². The minimum absolute atomic E-state index is 0.0479. The fourth-order valence-corrected chi connectivity index (χ4v) is 3.73. The minimum Gasteiger partial charge on any atom is -0.497 e. The zero-order chi connectivity index (χ0) is 22.5. The van der Waals surface area contributed by atoms with Gasteiger partial charge >= 0.3 is 0 Å². The standard InChI is InChI=1S/C27H27N3O2/c1-4-24(20-8-6-5-7-9-20)27(31)28-26-18-25(21-12-16-23(32-3)17-13-21)29-30(26)22-14-10-19(2)11-15-22/h5-18,24H,4H2,1-3H3,(H,28,31). The number of carbonyl (C=O) groups is 1. The molecule has 4 rings (SSSR count). The van der Waals surface area contributed by atoms with Gasteiger partial charge in [-0.25, -0.2) is 4.68 Å². The van der Waals surface area contributed by atoms with E-state index in [1.807, 2.05) is 98.8 Å². The number of nitrogens with zero attached hydrogens (tertiary/aromatic N) is 2. The normalized spacial score (nSPS) is 11.7. The molecular weight excluding hydrogens is 398 g/mol. The molecule has 0 saturated carbocycles. The Hall–Kier alpha value is -3.86. The predicted octanol–water partition coefficient (Wildman–Crippen LogP) is 5.99. The second-order valence-corrected chi connectivity index (χ2v) is 7.75. The molecule has 0 aliphatic carbocycles. The van der Waals surface area contributed by atoms with Crippen LogP contribution < -0.4 is 10.1 Å². The molecule has 162 valence electrons. The number of benzene rings is 3. The van der Waals surface area contributed by atoms with Gasteiger partial charge in [-0.1, -0.05) is 55.0 Å². The van der Waals surface area contributed by atoms with E-state index in [1.165, 1.54) is 0 Å². The zero-order valence-electron chi connectivity index (χ0n) is 18.6. The summed E-state index contributed by atoms with van der Waals surface area (Å²) in [4.78, 5) is 13.2. The molecule has 0 saturated heterocycles. The molecule has 0 spiro atoms. The SMILES string of the molecule is CCC(C(=O)Nc1cc(-c2ccc(OC)cc2)nn1-c1ccc(C)cc1)c1ccccc1. The molecule has 32 heavy (non-hydrogen) atoms. The molecule has 4 aromatic rings. The van der Waals surface area contributed by atoms with E-state index >= 15 is 0 Å². The van der Waals surface area contributed by atoms with E-state index in [2.05, 4.69) is 5.32 Å². The van der Waals surface area contributed by atoms with Gasteiger partial charge in [0, 0.05) is 11.6 Å². The van der Waals surface area contributed by atoms with Crippen molar-refractivity contribution >= 4 is 11.7 Å². The Morgan fingerprint density at radius 2 is 1.69 bits per heavy atom. The van der Waals surface area contributed by atoms with Crippen molar-refractivity contribution in [1.29, 1.82) is 0 Å². The van der Waals surface area contributed by atoms with Gasteiger partial charge in [0.1, 0.15) is 11.6 Å². The van der Waals surface area contributed by atoms with E-state index in [0.29, 0.717) is 12.2 Å². The smallest absolute Gasteiger partial charge is 0.233 e. The van der Waals surface area contributed by atoms with E-state index in [-0.39, 0.29) is 11.8 Å². The quantitative estimate of drug-likeness (QED) is 0.396. The average Bonchev–Trinajstić information content (AvgIpc) is 3.24. The third kappa shape index (κ3) is 4.57. The molecule has 0 radical (unpaired) electrons. The summed E-state index contributed by atoms with van der Waals surface area (Å²) in [5, 5.41) is 7.93. The molecule has 1 amide bonds. The first-order valence-corrected chi connectivity index (χ1v) is 10.8. The molecule has 0 aliphatic heterocycles.